The van der Waals surface area contributed by atoms with Crippen molar-refractivity contribution in [2.75, 3.05) is 6.54 Å². The minimum Gasteiger partial charge on any atom is -0.324 e. The van der Waals surface area contributed by atoms with Crippen molar-refractivity contribution in [1.82, 2.24) is 5.32 Å². The number of hydrogen-bond donors (Lipinski definition) is 2. The highest BCUT2D eigenvalue weighted by Gasteiger charge is 1.97. The van der Waals surface area contributed by atoms with Crippen LogP contribution in [0.15, 0.2) is 29.3 Å². The monoisotopic (exact) mass is 191 g/mol. The van der Waals surface area contributed by atoms with Gasteiger partial charge in [0.15, 0.2) is 0 Å². The fraction of sp³-hybridized carbons (Fsp3) is 0.200. The van der Waals surface area contributed by atoms with Crippen molar-refractivity contribution in [1.29, 1.82) is 0 Å². The van der Waals surface area contributed by atoms with Crippen LogP contribution in [0.25, 0.3) is 0 Å². The molecule has 0 unspecified atom stereocenters. The number of carbonyl (C=O) groups is 1. The van der Waals surface area contributed by atoms with Crippen LogP contribution in [0.2, 0.25) is 0 Å². The molecular weight excluding hydrogens is 178 g/mol. The van der Waals surface area contributed by atoms with Crippen LogP contribution in [0, 0.1) is 6.92 Å². The molecule has 0 bridgehead atoms. The Morgan fingerprint density at radius 2 is 2.29 bits per heavy atom. The Morgan fingerprint density at radius 3 is 2.86 bits per heavy atom. The van der Waals surface area contributed by atoms with Gasteiger partial charge in [-0.2, -0.15) is 0 Å². The normalized spacial score (nSPS) is 11.1. The SMILES string of the molecule is Cc1ccccc1N=C(CN)NC=O. The van der Waals surface area contributed by atoms with Gasteiger partial charge in [0.2, 0.25) is 6.41 Å². The van der Waals surface area contributed by atoms with Gasteiger partial charge in [0, 0.05) is 0 Å². The van der Waals surface area contributed by atoms with E-state index in [2.05, 4.69) is 10.3 Å². The maximum atomic E-state index is 10.2. The van der Waals surface area contributed by atoms with E-state index in [0.717, 1.165) is 11.3 Å². The molecule has 1 aromatic rings. The van der Waals surface area contributed by atoms with Gasteiger partial charge in [0.05, 0.1) is 12.2 Å². The number of para-hydroxylation sites is 1. The summed E-state index contributed by atoms with van der Waals surface area (Å²) in [4.78, 5) is 14.4. The van der Waals surface area contributed by atoms with E-state index in [4.69, 9.17) is 5.73 Å². The topological polar surface area (TPSA) is 67.5 Å². The van der Waals surface area contributed by atoms with Gasteiger partial charge in [0.1, 0.15) is 5.84 Å². The summed E-state index contributed by atoms with van der Waals surface area (Å²) in [5.41, 5.74) is 7.27. The Hall–Kier alpha value is -1.68. The van der Waals surface area contributed by atoms with E-state index in [0.29, 0.717) is 12.2 Å². The standard InChI is InChI=1S/C10H13N3O/c1-8-4-2-3-5-9(8)13-10(6-11)12-7-14/h2-5,7H,6,11H2,1H3,(H,12,13,14). The highest BCUT2D eigenvalue weighted by Crippen LogP contribution is 2.16. The van der Waals surface area contributed by atoms with Crippen molar-refractivity contribution in [2.24, 2.45) is 10.7 Å². The minimum absolute atomic E-state index is 0.215. The Morgan fingerprint density at radius 1 is 1.57 bits per heavy atom. The van der Waals surface area contributed by atoms with Gasteiger partial charge < -0.3 is 11.1 Å². The summed E-state index contributed by atoms with van der Waals surface area (Å²) in [5.74, 6) is 0.467. The predicted molar refractivity (Wildman–Crippen MR) is 56.5 cm³/mol. The smallest absolute Gasteiger partial charge is 0.212 e. The number of benzene rings is 1. The van der Waals surface area contributed by atoms with E-state index in [1.165, 1.54) is 0 Å². The molecule has 14 heavy (non-hydrogen) atoms. The number of amides is 1. The molecule has 0 fully saturated rings. The third-order valence-corrected chi connectivity index (χ3v) is 1.79. The number of hydrogen-bond acceptors (Lipinski definition) is 3. The summed E-state index contributed by atoms with van der Waals surface area (Å²) in [6, 6.07) is 7.65. The van der Waals surface area contributed by atoms with Crippen LogP contribution in [0.3, 0.4) is 0 Å². The predicted octanol–water partition coefficient (Wildman–Crippen LogP) is 0.730. The second-order valence-electron chi connectivity index (χ2n) is 2.81. The zero-order valence-corrected chi connectivity index (χ0v) is 8.03. The van der Waals surface area contributed by atoms with Gasteiger partial charge >= 0.3 is 0 Å². The first kappa shape index (κ1) is 10.4. The van der Waals surface area contributed by atoms with Crippen molar-refractivity contribution >= 4 is 17.9 Å². The van der Waals surface area contributed by atoms with Crippen molar-refractivity contribution in [3.8, 4) is 0 Å². The highest BCUT2D eigenvalue weighted by atomic mass is 16.1. The first-order valence-electron chi connectivity index (χ1n) is 4.31. The molecule has 4 heteroatoms. The van der Waals surface area contributed by atoms with Gasteiger partial charge in [-0.05, 0) is 18.6 Å². The lowest BCUT2D eigenvalue weighted by Gasteiger charge is -2.03. The fourth-order valence-electron chi connectivity index (χ4n) is 1.04. The number of rotatable bonds is 3. The number of nitrogens with zero attached hydrogens (tertiary/aromatic N) is 1. The lowest BCUT2D eigenvalue weighted by atomic mass is 10.2. The Bertz CT molecular complexity index is 347. The lowest BCUT2D eigenvalue weighted by molar-refractivity contribution is -0.108. The molecule has 0 spiro atoms. The summed E-state index contributed by atoms with van der Waals surface area (Å²) in [5, 5.41) is 2.45. The number of nitrogens with one attached hydrogen (secondary N) is 1. The summed E-state index contributed by atoms with van der Waals surface area (Å²) in [6.45, 7) is 2.17. The minimum atomic E-state index is 0.215. The molecule has 0 atom stereocenters. The number of aliphatic imine (C=N–C) groups is 1. The van der Waals surface area contributed by atoms with Crippen LogP contribution in [-0.2, 0) is 4.79 Å². The first-order valence-corrected chi connectivity index (χ1v) is 4.31. The van der Waals surface area contributed by atoms with Crippen LogP contribution in [-0.4, -0.2) is 18.8 Å². The zero-order valence-electron chi connectivity index (χ0n) is 8.03. The Kier molecular flexibility index (Phi) is 3.82. The van der Waals surface area contributed by atoms with Crippen molar-refractivity contribution in [3.63, 3.8) is 0 Å². The van der Waals surface area contributed by atoms with E-state index in [-0.39, 0.29) is 6.54 Å². The van der Waals surface area contributed by atoms with E-state index < -0.39 is 0 Å². The molecular formula is C10H13N3O. The average Bonchev–Trinajstić information content (AvgIpc) is 2.20. The largest absolute Gasteiger partial charge is 0.324 e. The van der Waals surface area contributed by atoms with Crippen LogP contribution in [0.5, 0.6) is 0 Å². The molecule has 4 nitrogen and oxygen atoms in total. The summed E-state index contributed by atoms with van der Waals surface area (Å²) in [6.07, 6.45) is 0.573. The van der Waals surface area contributed by atoms with Gasteiger partial charge in [-0.1, -0.05) is 18.2 Å². The summed E-state index contributed by atoms with van der Waals surface area (Å²) in [7, 11) is 0. The fourth-order valence-corrected chi connectivity index (χ4v) is 1.04. The van der Waals surface area contributed by atoms with Crippen LogP contribution in [0.4, 0.5) is 5.69 Å². The molecule has 0 radical (unpaired) electrons. The molecule has 0 saturated heterocycles. The van der Waals surface area contributed by atoms with Crippen LogP contribution in [0.1, 0.15) is 5.56 Å². The van der Waals surface area contributed by atoms with E-state index in [1.54, 1.807) is 0 Å². The van der Waals surface area contributed by atoms with Crippen molar-refractivity contribution < 1.29 is 4.79 Å². The second kappa shape index (κ2) is 5.14. The molecule has 0 heterocycles. The zero-order chi connectivity index (χ0) is 10.4. The van der Waals surface area contributed by atoms with E-state index in [1.807, 2.05) is 31.2 Å². The number of aryl methyl sites for hydroxylation is 1. The highest BCUT2D eigenvalue weighted by molar-refractivity contribution is 5.93. The Balaban J connectivity index is 2.93. The number of amidine groups is 1. The lowest BCUT2D eigenvalue weighted by Crippen LogP contribution is -2.29. The van der Waals surface area contributed by atoms with Crippen molar-refractivity contribution in [2.45, 2.75) is 6.92 Å². The van der Waals surface area contributed by atoms with Crippen LogP contribution >= 0.6 is 0 Å². The number of carbonyl (C=O) groups excluding carboxylic acids is 1. The third kappa shape index (κ3) is 2.67. The molecule has 74 valence electrons. The molecule has 0 aliphatic rings. The first-order chi connectivity index (χ1) is 6.77. The van der Waals surface area contributed by atoms with Gasteiger partial charge in [-0.3, -0.25) is 4.79 Å². The Labute approximate surface area is 82.8 Å². The van der Waals surface area contributed by atoms with E-state index in [9.17, 15) is 4.79 Å². The van der Waals surface area contributed by atoms with Gasteiger partial charge in [0.25, 0.3) is 0 Å². The average molecular weight is 191 g/mol. The quantitative estimate of drug-likeness (QED) is 0.420. The molecule has 1 aromatic carbocycles. The maximum Gasteiger partial charge on any atom is 0.212 e. The third-order valence-electron chi connectivity index (χ3n) is 1.79. The molecule has 0 aliphatic heterocycles. The molecule has 3 N–H and O–H groups in total. The van der Waals surface area contributed by atoms with E-state index >= 15 is 0 Å². The molecule has 0 saturated carbocycles. The number of nitrogens with two attached hydrogens (primary N) is 1. The van der Waals surface area contributed by atoms with Crippen LogP contribution < -0.4 is 11.1 Å². The second-order valence-corrected chi connectivity index (χ2v) is 2.81. The van der Waals surface area contributed by atoms with Gasteiger partial charge in [-0.15, -0.1) is 0 Å². The summed E-state index contributed by atoms with van der Waals surface area (Å²) < 4.78 is 0. The molecule has 0 aliphatic carbocycles. The maximum absolute atomic E-state index is 10.2. The summed E-state index contributed by atoms with van der Waals surface area (Å²) >= 11 is 0. The van der Waals surface area contributed by atoms with Gasteiger partial charge in [-0.25, -0.2) is 4.99 Å². The molecule has 1 rings (SSSR count). The van der Waals surface area contributed by atoms with Crippen molar-refractivity contribution in [3.05, 3.63) is 29.8 Å². The molecule has 0 aromatic heterocycles. The molecule has 1 amide bonds.